The van der Waals surface area contributed by atoms with E-state index < -0.39 is 27.8 Å². The van der Waals surface area contributed by atoms with E-state index in [9.17, 15) is 17.6 Å². The van der Waals surface area contributed by atoms with Gasteiger partial charge in [0.1, 0.15) is 5.82 Å². The first-order valence-corrected chi connectivity index (χ1v) is 7.49. The zero-order chi connectivity index (χ0) is 15.5. The number of carbonyl (C=O) groups is 1. The Morgan fingerprint density at radius 3 is 2.40 bits per heavy atom. The molecule has 0 saturated heterocycles. The molecular formula is C12H18FN3O3S. The van der Waals surface area contributed by atoms with Crippen LogP contribution in [-0.2, 0) is 14.8 Å². The maximum atomic E-state index is 13.3. The third-order valence-corrected chi connectivity index (χ3v) is 3.98. The second kappa shape index (κ2) is 6.19. The highest BCUT2D eigenvalue weighted by atomic mass is 32.2. The van der Waals surface area contributed by atoms with Gasteiger partial charge in [-0.2, -0.15) is 4.72 Å². The van der Waals surface area contributed by atoms with Gasteiger partial charge in [-0.05, 0) is 39.0 Å². The van der Waals surface area contributed by atoms with Gasteiger partial charge < -0.3 is 11.1 Å². The molecule has 112 valence electrons. The molecule has 1 aromatic carbocycles. The van der Waals surface area contributed by atoms with Crippen molar-refractivity contribution < 1.29 is 17.6 Å². The van der Waals surface area contributed by atoms with E-state index in [1.807, 2.05) is 0 Å². The highest BCUT2D eigenvalue weighted by molar-refractivity contribution is 7.89. The van der Waals surface area contributed by atoms with Gasteiger partial charge in [0.15, 0.2) is 0 Å². The normalized spacial score (nSPS) is 13.2. The van der Waals surface area contributed by atoms with Crippen molar-refractivity contribution in [2.75, 3.05) is 5.73 Å². The Morgan fingerprint density at radius 2 is 1.90 bits per heavy atom. The number of carbonyl (C=O) groups excluding carboxylic acids is 1. The van der Waals surface area contributed by atoms with E-state index >= 15 is 0 Å². The molecule has 0 saturated carbocycles. The molecule has 0 fully saturated rings. The molecular weight excluding hydrogens is 285 g/mol. The minimum absolute atomic E-state index is 0.108. The van der Waals surface area contributed by atoms with E-state index in [0.717, 1.165) is 12.1 Å². The summed E-state index contributed by atoms with van der Waals surface area (Å²) in [5.41, 5.74) is 5.14. The lowest BCUT2D eigenvalue weighted by atomic mass is 10.3. The molecule has 0 spiro atoms. The first-order chi connectivity index (χ1) is 9.13. The van der Waals surface area contributed by atoms with Crippen molar-refractivity contribution in [1.29, 1.82) is 0 Å². The molecule has 8 heteroatoms. The minimum atomic E-state index is -3.99. The molecule has 1 aromatic rings. The maximum Gasteiger partial charge on any atom is 0.241 e. The molecule has 1 rings (SSSR count). The van der Waals surface area contributed by atoms with Gasteiger partial charge in [-0.1, -0.05) is 0 Å². The molecule has 1 unspecified atom stereocenters. The van der Waals surface area contributed by atoms with Crippen LogP contribution in [0, 0.1) is 5.82 Å². The van der Waals surface area contributed by atoms with Crippen LogP contribution in [0.15, 0.2) is 23.1 Å². The molecule has 20 heavy (non-hydrogen) atoms. The summed E-state index contributed by atoms with van der Waals surface area (Å²) < 4.78 is 39.5. The molecule has 0 aliphatic heterocycles. The van der Waals surface area contributed by atoms with Gasteiger partial charge in [0.05, 0.1) is 16.6 Å². The molecule has 0 bridgehead atoms. The number of sulfonamides is 1. The summed E-state index contributed by atoms with van der Waals surface area (Å²) in [4.78, 5) is 11.4. The SMILES string of the molecule is CC(C)NC(=O)C(C)NS(=O)(=O)c1ccc(N)c(F)c1. The Balaban J connectivity index is 2.89. The van der Waals surface area contributed by atoms with Crippen molar-refractivity contribution in [2.45, 2.75) is 37.8 Å². The molecule has 6 nitrogen and oxygen atoms in total. The van der Waals surface area contributed by atoms with Crippen LogP contribution in [0.2, 0.25) is 0 Å². The van der Waals surface area contributed by atoms with Crippen LogP contribution in [0.3, 0.4) is 0 Å². The largest absolute Gasteiger partial charge is 0.396 e. The lowest BCUT2D eigenvalue weighted by molar-refractivity contribution is -0.122. The Labute approximate surface area is 117 Å². The molecule has 0 aliphatic carbocycles. The fourth-order valence-corrected chi connectivity index (χ4v) is 2.65. The summed E-state index contributed by atoms with van der Waals surface area (Å²) in [6, 6.07) is 2.06. The molecule has 0 aromatic heterocycles. The number of rotatable bonds is 5. The summed E-state index contributed by atoms with van der Waals surface area (Å²) in [6.45, 7) is 4.92. The van der Waals surface area contributed by atoms with Crippen molar-refractivity contribution in [2.24, 2.45) is 0 Å². The molecule has 1 atom stereocenters. The summed E-state index contributed by atoms with van der Waals surface area (Å²) in [5.74, 6) is -1.29. The van der Waals surface area contributed by atoms with E-state index in [0.29, 0.717) is 0 Å². The van der Waals surface area contributed by atoms with Crippen LogP contribution in [0.1, 0.15) is 20.8 Å². The fourth-order valence-electron chi connectivity index (χ4n) is 1.44. The number of hydrogen-bond acceptors (Lipinski definition) is 4. The number of nitrogen functional groups attached to an aromatic ring is 1. The van der Waals surface area contributed by atoms with E-state index in [4.69, 9.17) is 5.73 Å². The quantitative estimate of drug-likeness (QED) is 0.693. The van der Waals surface area contributed by atoms with Crippen LogP contribution >= 0.6 is 0 Å². The first kappa shape index (κ1) is 16.4. The Morgan fingerprint density at radius 1 is 1.30 bits per heavy atom. The third-order valence-electron chi connectivity index (χ3n) is 2.44. The van der Waals surface area contributed by atoms with Crippen LogP contribution in [0.25, 0.3) is 0 Å². The van der Waals surface area contributed by atoms with E-state index in [1.54, 1.807) is 13.8 Å². The van der Waals surface area contributed by atoms with Gasteiger partial charge in [0, 0.05) is 6.04 Å². The minimum Gasteiger partial charge on any atom is -0.396 e. The first-order valence-electron chi connectivity index (χ1n) is 6.01. The van der Waals surface area contributed by atoms with Crippen molar-refractivity contribution >= 4 is 21.6 Å². The van der Waals surface area contributed by atoms with Crippen LogP contribution < -0.4 is 15.8 Å². The second-order valence-corrected chi connectivity index (χ2v) is 6.40. The van der Waals surface area contributed by atoms with Crippen LogP contribution in [0.4, 0.5) is 10.1 Å². The lowest BCUT2D eigenvalue weighted by Gasteiger charge is -2.16. The maximum absolute atomic E-state index is 13.3. The molecule has 4 N–H and O–H groups in total. The molecule has 0 heterocycles. The van der Waals surface area contributed by atoms with Gasteiger partial charge in [0.2, 0.25) is 15.9 Å². The standard InChI is InChI=1S/C12H18FN3O3S/c1-7(2)15-12(17)8(3)16-20(18,19)9-4-5-11(14)10(13)6-9/h4-8,16H,14H2,1-3H3,(H,15,17). The predicted octanol–water partition coefficient (Wildman–Crippen LogP) is 0.599. The summed E-state index contributed by atoms with van der Waals surface area (Å²) in [5, 5.41) is 2.58. The Kier molecular flexibility index (Phi) is 5.07. The zero-order valence-corrected chi connectivity index (χ0v) is 12.3. The Hall–Kier alpha value is -1.67. The average Bonchev–Trinajstić information content (AvgIpc) is 2.31. The van der Waals surface area contributed by atoms with Crippen LogP contribution in [0.5, 0.6) is 0 Å². The van der Waals surface area contributed by atoms with E-state index in [1.165, 1.54) is 13.0 Å². The smallest absolute Gasteiger partial charge is 0.241 e. The molecule has 0 aliphatic rings. The highest BCUT2D eigenvalue weighted by Crippen LogP contribution is 2.16. The topological polar surface area (TPSA) is 101 Å². The zero-order valence-electron chi connectivity index (χ0n) is 11.5. The molecule has 0 radical (unpaired) electrons. The van der Waals surface area contributed by atoms with Crippen LogP contribution in [-0.4, -0.2) is 26.4 Å². The number of halogens is 1. The summed E-state index contributed by atoms with van der Waals surface area (Å²) >= 11 is 0. The number of hydrogen-bond donors (Lipinski definition) is 3. The molecule has 1 amide bonds. The summed E-state index contributed by atoms with van der Waals surface area (Å²) in [7, 11) is -3.99. The van der Waals surface area contributed by atoms with Crippen molar-refractivity contribution in [3.63, 3.8) is 0 Å². The number of nitrogens with two attached hydrogens (primary N) is 1. The highest BCUT2D eigenvalue weighted by Gasteiger charge is 2.23. The Bertz CT molecular complexity index is 602. The lowest BCUT2D eigenvalue weighted by Crippen LogP contribution is -2.46. The van der Waals surface area contributed by atoms with E-state index in [-0.39, 0.29) is 16.6 Å². The fraction of sp³-hybridized carbons (Fsp3) is 0.417. The number of anilines is 1. The monoisotopic (exact) mass is 303 g/mol. The van der Waals surface area contributed by atoms with Gasteiger partial charge >= 0.3 is 0 Å². The van der Waals surface area contributed by atoms with Gasteiger partial charge in [-0.25, -0.2) is 12.8 Å². The third kappa shape index (κ3) is 4.17. The summed E-state index contributed by atoms with van der Waals surface area (Å²) in [6.07, 6.45) is 0. The van der Waals surface area contributed by atoms with Crippen molar-refractivity contribution in [3.8, 4) is 0 Å². The average molecular weight is 303 g/mol. The van der Waals surface area contributed by atoms with Gasteiger partial charge in [-0.15, -0.1) is 0 Å². The van der Waals surface area contributed by atoms with Crippen molar-refractivity contribution in [1.82, 2.24) is 10.0 Å². The van der Waals surface area contributed by atoms with Gasteiger partial charge in [0.25, 0.3) is 0 Å². The number of amides is 1. The number of nitrogens with one attached hydrogen (secondary N) is 2. The van der Waals surface area contributed by atoms with E-state index in [2.05, 4.69) is 10.0 Å². The van der Waals surface area contributed by atoms with Gasteiger partial charge in [-0.3, -0.25) is 4.79 Å². The second-order valence-electron chi connectivity index (χ2n) is 4.69. The van der Waals surface area contributed by atoms with Crippen molar-refractivity contribution in [3.05, 3.63) is 24.0 Å². The predicted molar refractivity (Wildman–Crippen MR) is 73.9 cm³/mol. The number of benzene rings is 1.